The van der Waals surface area contributed by atoms with Crippen molar-refractivity contribution in [3.8, 4) is 17.2 Å². The molecule has 0 spiro atoms. The molecule has 2 rings (SSSR count). The monoisotopic (exact) mass is 185 g/mol. The van der Waals surface area contributed by atoms with Gasteiger partial charge in [0.1, 0.15) is 17.2 Å². The molecule has 0 aliphatic carbocycles. The lowest BCUT2D eigenvalue weighted by Crippen LogP contribution is -1.82. The highest BCUT2D eigenvalue weighted by Gasteiger charge is 1.96. The van der Waals surface area contributed by atoms with E-state index in [1.165, 1.54) is 0 Å². The summed E-state index contributed by atoms with van der Waals surface area (Å²) in [6, 6.07) is 16.8. The van der Waals surface area contributed by atoms with Crippen LogP contribution in [0.15, 0.2) is 48.5 Å². The molecule has 1 radical (unpaired) electrons. The first-order valence-electron chi connectivity index (χ1n) is 4.27. The average Bonchev–Trinajstić information content (AvgIpc) is 2.19. The summed E-state index contributed by atoms with van der Waals surface area (Å²) in [6.45, 7) is 0. The van der Waals surface area contributed by atoms with E-state index in [0.29, 0.717) is 11.5 Å². The van der Waals surface area contributed by atoms with Crippen LogP contribution in [0, 0.1) is 6.07 Å². The fourth-order valence-corrected chi connectivity index (χ4v) is 1.12. The fraction of sp³-hybridized carbons (Fsp3) is 0. The van der Waals surface area contributed by atoms with Crippen molar-refractivity contribution >= 4 is 0 Å². The lowest BCUT2D eigenvalue weighted by molar-refractivity contribution is 0.455. The molecular weight excluding hydrogens is 176 g/mol. The molecule has 2 aromatic rings. The molecule has 2 heteroatoms. The van der Waals surface area contributed by atoms with E-state index in [1.807, 2.05) is 12.1 Å². The van der Waals surface area contributed by atoms with Crippen LogP contribution in [0.2, 0.25) is 0 Å². The summed E-state index contributed by atoms with van der Waals surface area (Å²) in [4.78, 5) is 0. The van der Waals surface area contributed by atoms with Gasteiger partial charge in [0.2, 0.25) is 0 Å². The van der Waals surface area contributed by atoms with Gasteiger partial charge in [0.05, 0.1) is 0 Å². The van der Waals surface area contributed by atoms with Crippen LogP contribution in [0.5, 0.6) is 17.2 Å². The summed E-state index contributed by atoms with van der Waals surface area (Å²) in [7, 11) is 0. The van der Waals surface area contributed by atoms with Gasteiger partial charge in [0, 0.05) is 6.07 Å². The van der Waals surface area contributed by atoms with Gasteiger partial charge in [-0.1, -0.05) is 18.2 Å². The average molecular weight is 185 g/mol. The third kappa shape index (κ3) is 2.04. The van der Waals surface area contributed by atoms with Gasteiger partial charge in [-0.05, 0) is 30.3 Å². The molecule has 0 aliphatic heterocycles. The minimum Gasteiger partial charge on any atom is -0.508 e. The van der Waals surface area contributed by atoms with Crippen LogP contribution in [0.4, 0.5) is 0 Å². The van der Waals surface area contributed by atoms with Crippen molar-refractivity contribution in [1.29, 1.82) is 0 Å². The second-order valence-electron chi connectivity index (χ2n) is 2.84. The van der Waals surface area contributed by atoms with Gasteiger partial charge < -0.3 is 9.84 Å². The molecule has 0 bridgehead atoms. The second-order valence-corrected chi connectivity index (χ2v) is 2.84. The summed E-state index contributed by atoms with van der Waals surface area (Å²) >= 11 is 0. The van der Waals surface area contributed by atoms with Crippen LogP contribution in [-0.2, 0) is 0 Å². The van der Waals surface area contributed by atoms with Gasteiger partial charge in [-0.3, -0.25) is 0 Å². The smallest absolute Gasteiger partial charge is 0.131 e. The van der Waals surface area contributed by atoms with Crippen molar-refractivity contribution in [2.45, 2.75) is 0 Å². The topological polar surface area (TPSA) is 29.5 Å². The molecule has 0 fully saturated rings. The molecular formula is C12H9O2. The Hall–Kier alpha value is -1.96. The third-order valence-electron chi connectivity index (χ3n) is 1.73. The van der Waals surface area contributed by atoms with E-state index >= 15 is 0 Å². The summed E-state index contributed by atoms with van der Waals surface area (Å²) in [5.41, 5.74) is 0. The Kier molecular flexibility index (Phi) is 2.36. The van der Waals surface area contributed by atoms with E-state index in [1.54, 1.807) is 36.4 Å². The lowest BCUT2D eigenvalue weighted by Gasteiger charge is -2.04. The zero-order valence-corrected chi connectivity index (χ0v) is 7.47. The Morgan fingerprint density at radius 3 is 2.64 bits per heavy atom. The van der Waals surface area contributed by atoms with Crippen LogP contribution in [-0.4, -0.2) is 5.11 Å². The molecule has 69 valence electrons. The summed E-state index contributed by atoms with van der Waals surface area (Å²) in [6.07, 6.45) is 0. The van der Waals surface area contributed by atoms with Crippen LogP contribution in [0.25, 0.3) is 0 Å². The molecule has 2 aromatic carbocycles. The van der Waals surface area contributed by atoms with Crippen molar-refractivity contribution < 1.29 is 9.84 Å². The van der Waals surface area contributed by atoms with Crippen LogP contribution >= 0.6 is 0 Å². The minimum atomic E-state index is 0.197. The second kappa shape index (κ2) is 3.83. The summed E-state index contributed by atoms with van der Waals surface area (Å²) in [5, 5.41) is 9.20. The Bertz CT molecular complexity index is 410. The Morgan fingerprint density at radius 1 is 1.07 bits per heavy atom. The number of ether oxygens (including phenoxy) is 1. The zero-order chi connectivity index (χ0) is 9.80. The molecule has 14 heavy (non-hydrogen) atoms. The summed E-state index contributed by atoms with van der Waals surface area (Å²) in [5.74, 6) is 1.52. The Morgan fingerprint density at radius 2 is 1.93 bits per heavy atom. The number of phenolic OH excluding ortho intramolecular Hbond substituents is 1. The Labute approximate surface area is 82.4 Å². The normalized spacial score (nSPS) is 9.71. The largest absolute Gasteiger partial charge is 0.508 e. The van der Waals surface area contributed by atoms with Gasteiger partial charge >= 0.3 is 0 Å². The van der Waals surface area contributed by atoms with Crippen LogP contribution in [0.1, 0.15) is 0 Å². The summed E-state index contributed by atoms with van der Waals surface area (Å²) < 4.78 is 5.47. The van der Waals surface area contributed by atoms with Crippen LogP contribution < -0.4 is 4.74 Å². The van der Waals surface area contributed by atoms with E-state index < -0.39 is 0 Å². The number of hydrogen-bond donors (Lipinski definition) is 1. The van der Waals surface area contributed by atoms with Crippen molar-refractivity contribution in [2.75, 3.05) is 0 Å². The number of rotatable bonds is 2. The molecule has 1 N–H and O–H groups in total. The van der Waals surface area contributed by atoms with E-state index in [0.717, 1.165) is 0 Å². The maximum Gasteiger partial charge on any atom is 0.131 e. The maximum atomic E-state index is 9.20. The van der Waals surface area contributed by atoms with E-state index in [9.17, 15) is 5.11 Å². The highest BCUT2D eigenvalue weighted by Crippen LogP contribution is 2.23. The quantitative estimate of drug-likeness (QED) is 0.779. The van der Waals surface area contributed by atoms with E-state index in [-0.39, 0.29) is 5.75 Å². The molecule has 0 unspecified atom stereocenters. The molecule has 0 amide bonds. The van der Waals surface area contributed by atoms with Gasteiger partial charge in [0.25, 0.3) is 0 Å². The number of hydrogen-bond acceptors (Lipinski definition) is 2. The van der Waals surface area contributed by atoms with Crippen molar-refractivity contribution in [3.05, 3.63) is 54.6 Å². The molecule has 0 aromatic heterocycles. The van der Waals surface area contributed by atoms with Gasteiger partial charge in [0.15, 0.2) is 0 Å². The van der Waals surface area contributed by atoms with Crippen molar-refractivity contribution in [2.24, 2.45) is 0 Å². The first kappa shape index (κ1) is 8.63. The molecule has 0 saturated heterocycles. The Balaban J connectivity index is 2.19. The molecule has 0 aliphatic rings. The van der Waals surface area contributed by atoms with Gasteiger partial charge in [-0.25, -0.2) is 0 Å². The molecule has 0 heterocycles. The van der Waals surface area contributed by atoms with E-state index in [2.05, 4.69) is 6.07 Å². The predicted molar refractivity (Wildman–Crippen MR) is 53.5 cm³/mol. The van der Waals surface area contributed by atoms with E-state index in [4.69, 9.17) is 4.74 Å². The first-order chi connectivity index (χ1) is 6.84. The minimum absolute atomic E-state index is 0.197. The van der Waals surface area contributed by atoms with Gasteiger partial charge in [-0.15, -0.1) is 0 Å². The first-order valence-corrected chi connectivity index (χ1v) is 4.27. The molecule has 0 saturated carbocycles. The van der Waals surface area contributed by atoms with Crippen molar-refractivity contribution in [1.82, 2.24) is 0 Å². The SMILES string of the molecule is Oc1cccc(Oc2c[c]ccc2)c1. The number of phenols is 1. The van der Waals surface area contributed by atoms with Crippen LogP contribution in [0.3, 0.4) is 0 Å². The predicted octanol–water partition coefficient (Wildman–Crippen LogP) is 2.98. The zero-order valence-electron chi connectivity index (χ0n) is 7.47. The molecule has 2 nitrogen and oxygen atoms in total. The van der Waals surface area contributed by atoms with Gasteiger partial charge in [-0.2, -0.15) is 0 Å². The molecule has 0 atom stereocenters. The van der Waals surface area contributed by atoms with Crippen molar-refractivity contribution in [3.63, 3.8) is 0 Å². The third-order valence-corrected chi connectivity index (χ3v) is 1.73. The number of aromatic hydroxyl groups is 1. The number of benzene rings is 2. The lowest BCUT2D eigenvalue weighted by atomic mass is 10.3. The highest BCUT2D eigenvalue weighted by molar-refractivity contribution is 5.35. The fourth-order valence-electron chi connectivity index (χ4n) is 1.12. The highest BCUT2D eigenvalue weighted by atomic mass is 16.5. The standard InChI is InChI=1S/C12H9O2/c13-10-5-4-8-12(9-10)14-11-6-2-1-3-7-11/h1-2,4-9,13H. The maximum absolute atomic E-state index is 9.20.